The maximum atomic E-state index is 10.4. The van der Waals surface area contributed by atoms with Crippen molar-refractivity contribution < 1.29 is 9.90 Å². The molecule has 1 saturated heterocycles. The first-order chi connectivity index (χ1) is 6.86. The zero-order valence-corrected chi connectivity index (χ0v) is 8.48. The largest absolute Gasteiger partial charge is 0.395 e. The van der Waals surface area contributed by atoms with Gasteiger partial charge in [0.05, 0.1) is 6.61 Å². The third kappa shape index (κ3) is 4.04. The summed E-state index contributed by atoms with van der Waals surface area (Å²) in [7, 11) is 0. The Labute approximate surface area is 84.7 Å². The van der Waals surface area contributed by atoms with Crippen LogP contribution in [-0.2, 0) is 4.79 Å². The van der Waals surface area contributed by atoms with Gasteiger partial charge in [0, 0.05) is 45.8 Å². The molecular weight excluding hydrogens is 182 g/mol. The zero-order valence-electron chi connectivity index (χ0n) is 8.48. The number of aliphatic hydroxyl groups excluding tert-OH is 1. The third-order valence-corrected chi connectivity index (χ3v) is 2.45. The Morgan fingerprint density at radius 2 is 1.93 bits per heavy atom. The van der Waals surface area contributed by atoms with Gasteiger partial charge in [0.1, 0.15) is 0 Å². The number of amides is 1. The highest BCUT2D eigenvalue weighted by Gasteiger charge is 2.13. The average molecular weight is 201 g/mol. The van der Waals surface area contributed by atoms with Gasteiger partial charge in [-0.05, 0) is 0 Å². The Hall–Kier alpha value is -0.650. The van der Waals surface area contributed by atoms with Crippen molar-refractivity contribution in [3.63, 3.8) is 0 Å². The van der Waals surface area contributed by atoms with E-state index in [2.05, 4.69) is 10.2 Å². The van der Waals surface area contributed by atoms with Crippen LogP contribution in [0.1, 0.15) is 0 Å². The summed E-state index contributed by atoms with van der Waals surface area (Å²) >= 11 is 0. The Bertz CT molecular complexity index is 158. The maximum Gasteiger partial charge on any atom is 0.209 e. The molecule has 1 aliphatic rings. The molecule has 0 aromatic carbocycles. The van der Waals surface area contributed by atoms with Crippen LogP contribution in [0.25, 0.3) is 0 Å². The first kappa shape index (κ1) is 11.4. The van der Waals surface area contributed by atoms with Crippen LogP contribution in [-0.4, -0.2) is 73.7 Å². The first-order valence-corrected chi connectivity index (χ1v) is 5.10. The Morgan fingerprint density at radius 3 is 2.50 bits per heavy atom. The van der Waals surface area contributed by atoms with Crippen molar-refractivity contribution in [3.8, 4) is 0 Å². The van der Waals surface area contributed by atoms with E-state index in [1.807, 2.05) is 0 Å². The van der Waals surface area contributed by atoms with Crippen LogP contribution < -0.4 is 5.32 Å². The normalized spacial score (nSPS) is 18.5. The van der Waals surface area contributed by atoms with Crippen LogP contribution in [0, 0.1) is 0 Å². The van der Waals surface area contributed by atoms with Gasteiger partial charge in [-0.1, -0.05) is 0 Å². The number of nitrogens with one attached hydrogen (secondary N) is 1. The van der Waals surface area contributed by atoms with Gasteiger partial charge in [0.15, 0.2) is 0 Å². The molecule has 5 heteroatoms. The predicted molar refractivity (Wildman–Crippen MR) is 54.0 cm³/mol. The second-order valence-corrected chi connectivity index (χ2v) is 3.46. The molecule has 2 N–H and O–H groups in total. The van der Waals surface area contributed by atoms with E-state index in [4.69, 9.17) is 5.11 Å². The van der Waals surface area contributed by atoms with E-state index in [1.165, 1.54) is 0 Å². The summed E-state index contributed by atoms with van der Waals surface area (Å²) in [5, 5.41) is 11.7. The highest BCUT2D eigenvalue weighted by Crippen LogP contribution is 1.97. The molecule has 0 spiro atoms. The summed E-state index contributed by atoms with van der Waals surface area (Å²) in [6.45, 7) is 6.34. The van der Waals surface area contributed by atoms with E-state index >= 15 is 0 Å². The van der Waals surface area contributed by atoms with E-state index in [1.54, 1.807) is 4.90 Å². The molecule has 14 heavy (non-hydrogen) atoms. The van der Waals surface area contributed by atoms with Crippen molar-refractivity contribution >= 4 is 6.41 Å². The Balaban J connectivity index is 2.01. The van der Waals surface area contributed by atoms with Gasteiger partial charge < -0.3 is 15.3 Å². The van der Waals surface area contributed by atoms with Gasteiger partial charge in [0.25, 0.3) is 0 Å². The molecule has 1 aliphatic heterocycles. The van der Waals surface area contributed by atoms with Gasteiger partial charge in [0.2, 0.25) is 6.41 Å². The standard InChI is InChI=1S/C9H19N3O2/c13-8-2-10-1-3-11-4-6-12(9-14)7-5-11/h9-10,13H,1-8H2. The molecule has 5 nitrogen and oxygen atoms in total. The van der Waals surface area contributed by atoms with Crippen molar-refractivity contribution in [1.29, 1.82) is 0 Å². The summed E-state index contributed by atoms with van der Waals surface area (Å²) in [5.41, 5.74) is 0. The van der Waals surface area contributed by atoms with Gasteiger partial charge in [-0.3, -0.25) is 9.69 Å². The first-order valence-electron chi connectivity index (χ1n) is 5.10. The smallest absolute Gasteiger partial charge is 0.209 e. The van der Waals surface area contributed by atoms with Crippen molar-refractivity contribution in [2.45, 2.75) is 0 Å². The van der Waals surface area contributed by atoms with Crippen LogP contribution in [0.5, 0.6) is 0 Å². The average Bonchev–Trinajstić information content (AvgIpc) is 2.25. The Kier molecular flexibility index (Phi) is 5.51. The van der Waals surface area contributed by atoms with Crippen LogP contribution in [0.15, 0.2) is 0 Å². The molecule has 0 bridgehead atoms. The molecule has 0 aliphatic carbocycles. The fourth-order valence-electron chi connectivity index (χ4n) is 1.53. The number of hydrogen-bond donors (Lipinski definition) is 2. The molecule has 1 rings (SSSR count). The van der Waals surface area contributed by atoms with Crippen molar-refractivity contribution in [2.75, 3.05) is 52.4 Å². The van der Waals surface area contributed by atoms with Crippen molar-refractivity contribution in [3.05, 3.63) is 0 Å². The van der Waals surface area contributed by atoms with Crippen LogP contribution in [0.3, 0.4) is 0 Å². The lowest BCUT2D eigenvalue weighted by molar-refractivity contribution is -0.119. The SMILES string of the molecule is O=CN1CCN(CCNCCO)CC1. The highest BCUT2D eigenvalue weighted by molar-refractivity contribution is 5.47. The lowest BCUT2D eigenvalue weighted by Crippen LogP contribution is -2.47. The Morgan fingerprint density at radius 1 is 1.21 bits per heavy atom. The van der Waals surface area contributed by atoms with E-state index < -0.39 is 0 Å². The molecule has 1 amide bonds. The van der Waals surface area contributed by atoms with E-state index in [9.17, 15) is 4.79 Å². The minimum Gasteiger partial charge on any atom is -0.395 e. The molecule has 82 valence electrons. The number of hydrogen-bond acceptors (Lipinski definition) is 4. The summed E-state index contributed by atoms with van der Waals surface area (Å²) in [6, 6.07) is 0. The number of carbonyl (C=O) groups is 1. The van der Waals surface area contributed by atoms with Crippen LogP contribution >= 0.6 is 0 Å². The number of rotatable bonds is 6. The monoisotopic (exact) mass is 201 g/mol. The minimum atomic E-state index is 0.193. The molecule has 0 aromatic heterocycles. The molecule has 0 saturated carbocycles. The summed E-state index contributed by atoms with van der Waals surface area (Å²) in [4.78, 5) is 14.6. The fraction of sp³-hybridized carbons (Fsp3) is 0.889. The van der Waals surface area contributed by atoms with Crippen molar-refractivity contribution in [2.24, 2.45) is 0 Å². The number of piperazine rings is 1. The zero-order chi connectivity index (χ0) is 10.2. The van der Waals surface area contributed by atoms with Crippen molar-refractivity contribution in [1.82, 2.24) is 15.1 Å². The molecule has 1 fully saturated rings. The molecular formula is C9H19N3O2. The van der Waals surface area contributed by atoms with Crippen LogP contribution in [0.4, 0.5) is 0 Å². The molecule has 0 atom stereocenters. The van der Waals surface area contributed by atoms with Gasteiger partial charge >= 0.3 is 0 Å². The molecule has 0 radical (unpaired) electrons. The van der Waals surface area contributed by atoms with Gasteiger partial charge in [-0.15, -0.1) is 0 Å². The quantitative estimate of drug-likeness (QED) is 0.399. The van der Waals surface area contributed by atoms with Crippen LogP contribution in [0.2, 0.25) is 0 Å². The molecule has 1 heterocycles. The summed E-state index contributed by atoms with van der Waals surface area (Å²) < 4.78 is 0. The second kappa shape index (κ2) is 6.75. The summed E-state index contributed by atoms with van der Waals surface area (Å²) in [6.07, 6.45) is 0.918. The second-order valence-electron chi connectivity index (χ2n) is 3.46. The predicted octanol–water partition coefficient (Wildman–Crippen LogP) is -1.66. The molecule has 0 unspecified atom stereocenters. The van der Waals surface area contributed by atoms with Gasteiger partial charge in [-0.25, -0.2) is 0 Å². The fourth-order valence-corrected chi connectivity index (χ4v) is 1.53. The van der Waals surface area contributed by atoms with E-state index in [0.29, 0.717) is 6.54 Å². The maximum absolute atomic E-state index is 10.4. The van der Waals surface area contributed by atoms with E-state index in [-0.39, 0.29) is 6.61 Å². The minimum absolute atomic E-state index is 0.193. The number of aliphatic hydroxyl groups is 1. The lowest BCUT2D eigenvalue weighted by atomic mass is 10.3. The third-order valence-electron chi connectivity index (χ3n) is 2.45. The van der Waals surface area contributed by atoms with Gasteiger partial charge in [-0.2, -0.15) is 0 Å². The molecule has 0 aromatic rings. The van der Waals surface area contributed by atoms with E-state index in [0.717, 1.165) is 45.7 Å². The number of nitrogens with zero attached hydrogens (tertiary/aromatic N) is 2. The number of carbonyl (C=O) groups excluding carboxylic acids is 1. The lowest BCUT2D eigenvalue weighted by Gasteiger charge is -2.32. The highest BCUT2D eigenvalue weighted by atomic mass is 16.3. The summed E-state index contributed by atoms with van der Waals surface area (Å²) in [5.74, 6) is 0. The topological polar surface area (TPSA) is 55.8 Å².